The third-order valence-electron chi connectivity index (χ3n) is 5.10. The molecule has 1 aromatic carbocycles. The molecular weight excluding hydrogens is 352 g/mol. The van der Waals surface area contributed by atoms with E-state index in [0.717, 1.165) is 12.1 Å². The molecule has 0 saturated carbocycles. The number of rotatable bonds is 6. The Morgan fingerprint density at radius 3 is 2.43 bits per heavy atom. The molecule has 3 N–H and O–H groups in total. The van der Waals surface area contributed by atoms with E-state index in [9.17, 15) is 9.59 Å². The van der Waals surface area contributed by atoms with E-state index < -0.39 is 0 Å². The summed E-state index contributed by atoms with van der Waals surface area (Å²) in [6.07, 6.45) is 3.00. The molecule has 148 valence electrons. The van der Waals surface area contributed by atoms with Crippen molar-refractivity contribution in [2.75, 3.05) is 25.0 Å². The molecule has 2 amide bonds. The molecule has 0 aliphatic carbocycles. The van der Waals surface area contributed by atoms with Gasteiger partial charge < -0.3 is 16.0 Å². The van der Waals surface area contributed by atoms with E-state index in [1.807, 2.05) is 19.1 Å². The second kappa shape index (κ2) is 9.46. The molecule has 0 bridgehead atoms. The molecule has 6 nitrogen and oxygen atoms in total. The third-order valence-corrected chi connectivity index (χ3v) is 5.10. The van der Waals surface area contributed by atoms with Gasteiger partial charge in [-0.05, 0) is 44.4 Å². The van der Waals surface area contributed by atoms with Crippen molar-refractivity contribution in [1.29, 1.82) is 0 Å². The number of amides is 2. The quantitative estimate of drug-likeness (QED) is 0.718. The Hall–Kier alpha value is -2.73. The largest absolute Gasteiger partial charge is 0.355 e. The summed E-state index contributed by atoms with van der Waals surface area (Å²) in [6.45, 7) is 5.75. The summed E-state index contributed by atoms with van der Waals surface area (Å²) < 4.78 is 0. The van der Waals surface area contributed by atoms with Crippen molar-refractivity contribution >= 4 is 17.5 Å². The van der Waals surface area contributed by atoms with Crippen LogP contribution in [-0.4, -0.2) is 36.4 Å². The maximum Gasteiger partial charge on any atom is 0.228 e. The van der Waals surface area contributed by atoms with Crippen molar-refractivity contribution in [3.63, 3.8) is 0 Å². The average Bonchev–Trinajstić information content (AvgIpc) is 2.71. The van der Waals surface area contributed by atoms with Crippen LogP contribution in [0.1, 0.15) is 23.2 Å². The van der Waals surface area contributed by atoms with E-state index in [0.29, 0.717) is 31.7 Å². The molecule has 1 saturated heterocycles. The van der Waals surface area contributed by atoms with Crippen LogP contribution in [0.2, 0.25) is 0 Å². The summed E-state index contributed by atoms with van der Waals surface area (Å²) in [7, 11) is 0. The van der Waals surface area contributed by atoms with E-state index in [1.165, 1.54) is 11.1 Å². The maximum atomic E-state index is 12.5. The van der Waals surface area contributed by atoms with Crippen LogP contribution >= 0.6 is 0 Å². The van der Waals surface area contributed by atoms with Gasteiger partial charge in [-0.3, -0.25) is 14.6 Å². The minimum atomic E-state index is -0.233. The van der Waals surface area contributed by atoms with Crippen molar-refractivity contribution in [3.05, 3.63) is 59.4 Å². The van der Waals surface area contributed by atoms with Gasteiger partial charge in [-0.1, -0.05) is 29.8 Å². The molecule has 0 unspecified atom stereocenters. The number of carbonyl (C=O) groups is 2. The first-order valence-electron chi connectivity index (χ1n) is 9.79. The molecule has 1 aliphatic heterocycles. The molecule has 0 radical (unpaired) electrons. The number of hydrogen-bond donors (Lipinski definition) is 3. The topological polar surface area (TPSA) is 83.1 Å². The summed E-state index contributed by atoms with van der Waals surface area (Å²) in [5.41, 5.74) is 4.02. The van der Waals surface area contributed by atoms with Crippen LogP contribution in [0.4, 0.5) is 5.69 Å². The SMILES string of the molecule is Cc1ccc(CCNC(=O)[C@H]2CNC[C@@H](C(=O)Nc3ccc(C)nc3)C2)cc1. The molecule has 28 heavy (non-hydrogen) atoms. The van der Waals surface area contributed by atoms with Gasteiger partial charge in [0, 0.05) is 25.3 Å². The lowest BCUT2D eigenvalue weighted by Crippen LogP contribution is -2.47. The summed E-state index contributed by atoms with van der Waals surface area (Å²) in [5.74, 6) is -0.494. The normalized spacial score (nSPS) is 19.1. The minimum Gasteiger partial charge on any atom is -0.355 e. The Morgan fingerprint density at radius 1 is 1.04 bits per heavy atom. The van der Waals surface area contributed by atoms with Crippen LogP contribution in [0, 0.1) is 25.7 Å². The molecule has 1 aromatic heterocycles. The van der Waals surface area contributed by atoms with E-state index in [-0.39, 0.29) is 23.7 Å². The number of carbonyl (C=O) groups excluding carboxylic acids is 2. The summed E-state index contributed by atoms with van der Waals surface area (Å²) in [4.78, 5) is 29.2. The molecule has 6 heteroatoms. The predicted octanol–water partition coefficient (Wildman–Crippen LogP) is 2.22. The van der Waals surface area contributed by atoms with Gasteiger partial charge >= 0.3 is 0 Å². The zero-order valence-corrected chi connectivity index (χ0v) is 16.5. The molecule has 0 spiro atoms. The zero-order chi connectivity index (χ0) is 19.9. The van der Waals surface area contributed by atoms with Gasteiger partial charge in [0.1, 0.15) is 0 Å². The average molecular weight is 380 g/mol. The van der Waals surface area contributed by atoms with Gasteiger partial charge in [-0.15, -0.1) is 0 Å². The number of pyridine rings is 1. The fraction of sp³-hybridized carbons (Fsp3) is 0.409. The molecule has 2 aromatic rings. The van der Waals surface area contributed by atoms with Crippen LogP contribution < -0.4 is 16.0 Å². The Labute approximate surface area is 166 Å². The molecule has 3 rings (SSSR count). The Kier molecular flexibility index (Phi) is 6.76. The van der Waals surface area contributed by atoms with Gasteiger partial charge in [-0.25, -0.2) is 0 Å². The zero-order valence-electron chi connectivity index (χ0n) is 16.5. The molecule has 2 heterocycles. The second-order valence-electron chi connectivity index (χ2n) is 7.49. The van der Waals surface area contributed by atoms with Gasteiger partial charge in [0.25, 0.3) is 0 Å². The fourth-order valence-electron chi connectivity index (χ4n) is 3.36. The summed E-state index contributed by atoms with van der Waals surface area (Å²) >= 11 is 0. The molecule has 2 atom stereocenters. The van der Waals surface area contributed by atoms with Crippen LogP contribution in [0.3, 0.4) is 0 Å². The van der Waals surface area contributed by atoms with Gasteiger partial charge in [0.05, 0.1) is 23.7 Å². The van der Waals surface area contributed by atoms with E-state index >= 15 is 0 Å². The lowest BCUT2D eigenvalue weighted by molar-refractivity contribution is -0.127. The minimum absolute atomic E-state index is 0.00844. The first-order chi connectivity index (χ1) is 13.5. The highest BCUT2D eigenvalue weighted by Crippen LogP contribution is 2.19. The maximum absolute atomic E-state index is 12.5. The van der Waals surface area contributed by atoms with E-state index in [1.54, 1.807) is 6.20 Å². The monoisotopic (exact) mass is 380 g/mol. The fourth-order valence-corrected chi connectivity index (χ4v) is 3.36. The number of nitrogens with one attached hydrogen (secondary N) is 3. The van der Waals surface area contributed by atoms with Gasteiger partial charge in [0.15, 0.2) is 0 Å². The van der Waals surface area contributed by atoms with Crippen molar-refractivity contribution < 1.29 is 9.59 Å². The lowest BCUT2D eigenvalue weighted by atomic mass is 9.89. The lowest BCUT2D eigenvalue weighted by Gasteiger charge is -2.28. The number of benzene rings is 1. The highest BCUT2D eigenvalue weighted by Gasteiger charge is 2.31. The number of aryl methyl sites for hydroxylation is 2. The van der Waals surface area contributed by atoms with Crippen LogP contribution in [-0.2, 0) is 16.0 Å². The first-order valence-corrected chi connectivity index (χ1v) is 9.79. The van der Waals surface area contributed by atoms with Gasteiger partial charge in [0.2, 0.25) is 11.8 Å². The van der Waals surface area contributed by atoms with Crippen molar-refractivity contribution in [3.8, 4) is 0 Å². The summed E-state index contributed by atoms with van der Waals surface area (Å²) in [5, 5.41) is 9.12. The molecule has 1 aliphatic rings. The number of piperidine rings is 1. The number of nitrogens with zero attached hydrogens (tertiary/aromatic N) is 1. The predicted molar refractivity (Wildman–Crippen MR) is 110 cm³/mol. The molecular formula is C22H28N4O2. The Morgan fingerprint density at radius 2 is 1.75 bits per heavy atom. The second-order valence-corrected chi connectivity index (χ2v) is 7.49. The Balaban J connectivity index is 1.46. The van der Waals surface area contributed by atoms with Gasteiger partial charge in [-0.2, -0.15) is 0 Å². The third kappa shape index (κ3) is 5.63. The molecule has 1 fully saturated rings. The van der Waals surface area contributed by atoms with E-state index in [4.69, 9.17) is 0 Å². The van der Waals surface area contributed by atoms with Crippen molar-refractivity contribution in [2.24, 2.45) is 11.8 Å². The van der Waals surface area contributed by atoms with E-state index in [2.05, 4.69) is 52.1 Å². The van der Waals surface area contributed by atoms with Crippen molar-refractivity contribution in [1.82, 2.24) is 15.6 Å². The standard InChI is InChI=1S/C22H28N4O2/c1-15-3-6-17(7-4-15)9-10-24-21(27)18-11-19(13-23-12-18)22(28)26-20-8-5-16(2)25-14-20/h3-8,14,18-19,23H,9-13H2,1-2H3,(H,24,27)(H,26,28)/t18-,19+/m1/s1. The summed E-state index contributed by atoms with van der Waals surface area (Å²) in [6, 6.07) is 12.0. The van der Waals surface area contributed by atoms with Crippen LogP contribution in [0.5, 0.6) is 0 Å². The highest BCUT2D eigenvalue weighted by atomic mass is 16.2. The van der Waals surface area contributed by atoms with Crippen molar-refractivity contribution in [2.45, 2.75) is 26.7 Å². The number of anilines is 1. The van der Waals surface area contributed by atoms with Crippen LogP contribution in [0.15, 0.2) is 42.6 Å². The first kappa shape index (κ1) is 20.0. The van der Waals surface area contributed by atoms with Crippen LogP contribution in [0.25, 0.3) is 0 Å². The smallest absolute Gasteiger partial charge is 0.228 e. The number of aromatic nitrogens is 1. The number of hydrogen-bond acceptors (Lipinski definition) is 4. The Bertz CT molecular complexity index is 802. The highest BCUT2D eigenvalue weighted by molar-refractivity contribution is 5.93.